The highest BCUT2D eigenvalue weighted by Gasteiger charge is 2.23. The van der Waals surface area contributed by atoms with E-state index in [1.165, 1.54) is 11.1 Å². The summed E-state index contributed by atoms with van der Waals surface area (Å²) in [6.07, 6.45) is 1.11. The van der Waals surface area contributed by atoms with Crippen LogP contribution in [0.25, 0.3) is 5.69 Å². The topological polar surface area (TPSA) is 52.8 Å². The maximum absolute atomic E-state index is 5.97. The van der Waals surface area contributed by atoms with Crippen molar-refractivity contribution >= 4 is 11.8 Å². The van der Waals surface area contributed by atoms with Crippen LogP contribution in [0.4, 0.5) is 0 Å². The molecule has 6 heteroatoms. The second kappa shape index (κ2) is 6.04. The van der Waals surface area contributed by atoms with E-state index in [2.05, 4.69) is 46.7 Å². The van der Waals surface area contributed by atoms with Gasteiger partial charge in [0.25, 0.3) is 0 Å². The number of tetrazole rings is 1. The molecule has 1 unspecified atom stereocenters. The minimum absolute atomic E-state index is 0.167. The fourth-order valence-electron chi connectivity index (χ4n) is 2.63. The number of nitrogens with zero attached hydrogens (tertiary/aromatic N) is 4. The zero-order valence-corrected chi connectivity index (χ0v) is 13.5. The van der Waals surface area contributed by atoms with E-state index in [1.54, 1.807) is 16.4 Å². The molecule has 0 saturated heterocycles. The lowest BCUT2D eigenvalue weighted by molar-refractivity contribution is 0.259. The first-order valence-electron chi connectivity index (χ1n) is 7.52. The number of rotatable bonds is 4. The Morgan fingerprint density at radius 1 is 1.17 bits per heavy atom. The molecular weight excluding hydrogens is 308 g/mol. The van der Waals surface area contributed by atoms with Gasteiger partial charge in [0.05, 0.1) is 5.69 Å². The van der Waals surface area contributed by atoms with Crippen molar-refractivity contribution in [1.29, 1.82) is 0 Å². The second-order valence-electron chi connectivity index (χ2n) is 5.57. The lowest BCUT2D eigenvalue weighted by Crippen LogP contribution is -2.16. The summed E-state index contributed by atoms with van der Waals surface area (Å²) in [5.74, 6) is 1.82. The molecule has 4 rings (SSSR count). The number of benzene rings is 2. The van der Waals surface area contributed by atoms with Crippen molar-refractivity contribution in [1.82, 2.24) is 20.2 Å². The highest BCUT2D eigenvalue weighted by molar-refractivity contribution is 7.99. The van der Waals surface area contributed by atoms with Crippen LogP contribution in [0.2, 0.25) is 0 Å². The van der Waals surface area contributed by atoms with Crippen LogP contribution in [0.15, 0.2) is 53.7 Å². The van der Waals surface area contributed by atoms with E-state index in [0.29, 0.717) is 0 Å². The lowest BCUT2D eigenvalue weighted by atomic mass is 10.1. The third kappa shape index (κ3) is 2.94. The summed E-state index contributed by atoms with van der Waals surface area (Å²) in [5.41, 5.74) is 3.46. The van der Waals surface area contributed by atoms with Gasteiger partial charge in [0.1, 0.15) is 11.9 Å². The number of fused-ring (bicyclic) bond motifs is 1. The molecular formula is C17H16N4OS. The first kappa shape index (κ1) is 14.3. The summed E-state index contributed by atoms with van der Waals surface area (Å²) >= 11 is 1.62. The van der Waals surface area contributed by atoms with Crippen LogP contribution in [-0.2, 0) is 6.42 Å². The number of para-hydroxylation sites is 1. The predicted molar refractivity (Wildman–Crippen MR) is 89.2 cm³/mol. The number of ether oxygens (including phenoxy) is 1. The minimum atomic E-state index is 0.167. The molecule has 2 heterocycles. The number of aryl methyl sites for hydroxylation is 1. The van der Waals surface area contributed by atoms with Crippen molar-refractivity contribution in [3.8, 4) is 11.4 Å². The fourth-order valence-corrected chi connectivity index (χ4v) is 3.51. The summed E-state index contributed by atoms with van der Waals surface area (Å²) in [4.78, 5) is 0. The number of hydrogen-bond acceptors (Lipinski definition) is 5. The van der Waals surface area contributed by atoms with Crippen LogP contribution in [0.1, 0.15) is 11.1 Å². The van der Waals surface area contributed by atoms with Gasteiger partial charge in [-0.05, 0) is 41.1 Å². The zero-order valence-electron chi connectivity index (χ0n) is 12.7. The first-order valence-corrected chi connectivity index (χ1v) is 8.51. The molecule has 1 aliphatic rings. The van der Waals surface area contributed by atoms with Crippen molar-refractivity contribution in [2.24, 2.45) is 0 Å². The Balaban J connectivity index is 1.45. The molecule has 0 fully saturated rings. The molecule has 0 saturated carbocycles. The quantitative estimate of drug-likeness (QED) is 0.690. The Kier molecular flexibility index (Phi) is 3.75. The maximum Gasteiger partial charge on any atom is 0.214 e. The van der Waals surface area contributed by atoms with E-state index in [1.807, 2.05) is 24.3 Å². The van der Waals surface area contributed by atoms with Crippen LogP contribution < -0.4 is 4.74 Å². The van der Waals surface area contributed by atoms with E-state index < -0.39 is 0 Å². The van der Waals surface area contributed by atoms with Gasteiger partial charge in [0.2, 0.25) is 5.16 Å². The Morgan fingerprint density at radius 3 is 2.83 bits per heavy atom. The van der Waals surface area contributed by atoms with E-state index in [4.69, 9.17) is 4.74 Å². The molecule has 0 bridgehead atoms. The van der Waals surface area contributed by atoms with Crippen LogP contribution in [0.5, 0.6) is 5.75 Å². The predicted octanol–water partition coefficient (Wildman–Crippen LogP) is 3.07. The molecule has 116 valence electrons. The van der Waals surface area contributed by atoms with E-state index in [-0.39, 0.29) is 6.10 Å². The van der Waals surface area contributed by atoms with E-state index >= 15 is 0 Å². The van der Waals surface area contributed by atoms with Gasteiger partial charge >= 0.3 is 0 Å². The van der Waals surface area contributed by atoms with Gasteiger partial charge < -0.3 is 4.74 Å². The summed E-state index contributed by atoms with van der Waals surface area (Å²) in [6.45, 7) is 2.06. The van der Waals surface area contributed by atoms with Crippen molar-refractivity contribution in [3.05, 3.63) is 59.7 Å². The Labute approximate surface area is 138 Å². The minimum Gasteiger partial charge on any atom is -0.489 e. The average Bonchev–Trinajstić information content (AvgIpc) is 3.19. The molecule has 0 spiro atoms. The second-order valence-corrected chi connectivity index (χ2v) is 6.56. The van der Waals surface area contributed by atoms with Gasteiger partial charge in [0, 0.05) is 12.2 Å². The SMILES string of the molecule is Cc1ccc(-n2nnnc2SCC2Cc3ccccc3O2)cc1. The van der Waals surface area contributed by atoms with Gasteiger partial charge in [-0.2, -0.15) is 4.68 Å². The van der Waals surface area contributed by atoms with Crippen molar-refractivity contribution in [3.63, 3.8) is 0 Å². The molecule has 0 aliphatic carbocycles. The van der Waals surface area contributed by atoms with Crippen molar-refractivity contribution in [2.45, 2.75) is 24.6 Å². The van der Waals surface area contributed by atoms with E-state index in [9.17, 15) is 0 Å². The Hall–Kier alpha value is -2.34. The summed E-state index contributed by atoms with van der Waals surface area (Å²) in [5, 5.41) is 12.8. The molecule has 1 aromatic heterocycles. The highest BCUT2D eigenvalue weighted by Crippen LogP contribution is 2.31. The molecule has 0 radical (unpaired) electrons. The summed E-state index contributed by atoms with van der Waals surface area (Å²) in [6, 6.07) is 16.4. The average molecular weight is 324 g/mol. The Morgan fingerprint density at radius 2 is 2.00 bits per heavy atom. The highest BCUT2D eigenvalue weighted by atomic mass is 32.2. The van der Waals surface area contributed by atoms with Crippen LogP contribution in [0, 0.1) is 6.92 Å². The van der Waals surface area contributed by atoms with Crippen molar-refractivity contribution in [2.75, 3.05) is 5.75 Å². The lowest BCUT2D eigenvalue weighted by Gasteiger charge is -2.10. The van der Waals surface area contributed by atoms with Gasteiger partial charge in [-0.15, -0.1) is 5.10 Å². The van der Waals surface area contributed by atoms with E-state index in [0.717, 1.165) is 28.8 Å². The standard InChI is InChI=1S/C17H16N4OS/c1-12-6-8-14(9-7-12)21-17(18-19-20-21)23-11-15-10-13-4-2-3-5-16(13)22-15/h2-9,15H,10-11H2,1H3. The normalized spacial score (nSPS) is 16.1. The number of thioether (sulfide) groups is 1. The molecule has 1 aliphatic heterocycles. The van der Waals surface area contributed by atoms with Gasteiger partial charge in [-0.25, -0.2) is 0 Å². The smallest absolute Gasteiger partial charge is 0.214 e. The van der Waals surface area contributed by atoms with Crippen molar-refractivity contribution < 1.29 is 4.74 Å². The Bertz CT molecular complexity index is 790. The number of hydrogen-bond donors (Lipinski definition) is 0. The van der Waals surface area contributed by atoms with Crippen LogP contribution in [-0.4, -0.2) is 32.1 Å². The zero-order chi connectivity index (χ0) is 15.6. The molecule has 23 heavy (non-hydrogen) atoms. The third-order valence-corrected chi connectivity index (χ3v) is 4.88. The molecule has 2 aromatic carbocycles. The molecule has 0 N–H and O–H groups in total. The van der Waals surface area contributed by atoms with Gasteiger partial charge in [0.15, 0.2) is 0 Å². The van der Waals surface area contributed by atoms with Gasteiger partial charge in [-0.1, -0.05) is 47.7 Å². The molecule has 3 aromatic rings. The summed E-state index contributed by atoms with van der Waals surface area (Å²) < 4.78 is 7.74. The van der Waals surface area contributed by atoms with Crippen LogP contribution >= 0.6 is 11.8 Å². The third-order valence-electron chi connectivity index (χ3n) is 3.83. The maximum atomic E-state index is 5.97. The first-order chi connectivity index (χ1) is 11.3. The number of aromatic nitrogens is 4. The van der Waals surface area contributed by atoms with Gasteiger partial charge in [-0.3, -0.25) is 0 Å². The monoisotopic (exact) mass is 324 g/mol. The molecule has 0 amide bonds. The molecule has 5 nitrogen and oxygen atoms in total. The summed E-state index contributed by atoms with van der Waals surface area (Å²) in [7, 11) is 0. The van der Waals surface area contributed by atoms with Crippen LogP contribution in [0.3, 0.4) is 0 Å². The molecule has 1 atom stereocenters. The fraction of sp³-hybridized carbons (Fsp3) is 0.235. The largest absolute Gasteiger partial charge is 0.489 e.